The number of sulfone groups is 1. The van der Waals surface area contributed by atoms with Crippen molar-refractivity contribution in [3.8, 4) is 11.5 Å². The van der Waals surface area contributed by atoms with Crippen LogP contribution in [-0.4, -0.2) is 63.4 Å². The number of urea groups is 1. The number of amides is 3. The Morgan fingerprint density at radius 2 is 1.49 bits per heavy atom. The molecule has 1 saturated heterocycles. The van der Waals surface area contributed by atoms with E-state index < -0.39 is 21.5 Å². The highest BCUT2D eigenvalue weighted by Gasteiger charge is 2.29. The molecule has 0 radical (unpaired) electrons. The molecule has 10 heteroatoms. The number of likely N-dealkylation sites (N-methyl/N-ethyl adjacent to an activating group) is 1. The van der Waals surface area contributed by atoms with Crippen LogP contribution in [0.15, 0.2) is 78.9 Å². The number of carbonyl (C=O) groups excluding carboxylic acids is 2. The molecule has 1 unspecified atom stereocenters. The van der Waals surface area contributed by atoms with Crippen LogP contribution >= 0.6 is 0 Å². The second-order valence-electron chi connectivity index (χ2n) is 9.03. The zero-order valence-electron chi connectivity index (χ0n) is 20.8. The first kappa shape index (κ1) is 26.0. The monoisotopic (exact) mass is 522 g/mol. The Morgan fingerprint density at radius 1 is 0.919 bits per heavy atom. The number of anilines is 3. The lowest BCUT2D eigenvalue weighted by Gasteiger charge is -2.25. The van der Waals surface area contributed by atoms with Gasteiger partial charge in [-0.05, 0) is 67.1 Å². The second-order valence-corrected chi connectivity index (χ2v) is 11.2. The van der Waals surface area contributed by atoms with E-state index >= 15 is 0 Å². The van der Waals surface area contributed by atoms with Crippen molar-refractivity contribution in [3.05, 3.63) is 78.9 Å². The molecule has 0 aromatic heterocycles. The van der Waals surface area contributed by atoms with Gasteiger partial charge in [0, 0.05) is 43.5 Å². The molecular formula is C27H30N4O5S. The van der Waals surface area contributed by atoms with Crippen molar-refractivity contribution in [3.63, 3.8) is 0 Å². The molecule has 0 bridgehead atoms. The minimum atomic E-state index is -3.36. The number of benzene rings is 3. The van der Waals surface area contributed by atoms with E-state index in [4.69, 9.17) is 4.74 Å². The Kier molecular flexibility index (Phi) is 7.98. The number of para-hydroxylation sites is 1. The molecule has 0 aliphatic carbocycles. The van der Waals surface area contributed by atoms with Gasteiger partial charge in [-0.25, -0.2) is 13.2 Å². The number of ether oxygens (including phenoxy) is 1. The Balaban J connectivity index is 1.26. The average molecular weight is 523 g/mol. The van der Waals surface area contributed by atoms with E-state index in [0.717, 1.165) is 30.7 Å². The molecule has 0 spiro atoms. The van der Waals surface area contributed by atoms with E-state index in [-0.39, 0.29) is 12.1 Å². The Morgan fingerprint density at radius 3 is 2.08 bits per heavy atom. The molecule has 1 atom stereocenters. The van der Waals surface area contributed by atoms with Gasteiger partial charge in [-0.2, -0.15) is 0 Å². The fourth-order valence-electron chi connectivity index (χ4n) is 4.10. The zero-order chi connectivity index (χ0) is 26.4. The largest absolute Gasteiger partial charge is 0.457 e. The topological polar surface area (TPSA) is 108 Å². The number of hydrogen-bond acceptors (Lipinski definition) is 6. The summed E-state index contributed by atoms with van der Waals surface area (Å²) in [6.45, 7) is 1.36. The summed E-state index contributed by atoms with van der Waals surface area (Å²) in [4.78, 5) is 28.3. The summed E-state index contributed by atoms with van der Waals surface area (Å²) >= 11 is 0. The molecule has 1 aliphatic heterocycles. The lowest BCUT2D eigenvalue weighted by molar-refractivity contribution is -0.128. The van der Waals surface area contributed by atoms with E-state index in [9.17, 15) is 18.0 Å². The summed E-state index contributed by atoms with van der Waals surface area (Å²) in [5.74, 6) is 0.538. The van der Waals surface area contributed by atoms with Gasteiger partial charge in [0.2, 0.25) is 5.91 Å². The van der Waals surface area contributed by atoms with E-state index in [0.29, 0.717) is 23.7 Å². The molecule has 0 saturated carbocycles. The number of rotatable bonds is 8. The Hall–Kier alpha value is -4.05. The van der Waals surface area contributed by atoms with Gasteiger partial charge in [0.05, 0.1) is 6.04 Å². The van der Waals surface area contributed by atoms with Crippen LogP contribution in [0.5, 0.6) is 11.5 Å². The van der Waals surface area contributed by atoms with Crippen LogP contribution in [0.4, 0.5) is 21.9 Å². The molecule has 9 nitrogen and oxygen atoms in total. The number of hydrogen-bond donors (Lipinski definition) is 2. The third-order valence-corrected chi connectivity index (χ3v) is 6.84. The summed E-state index contributed by atoms with van der Waals surface area (Å²) in [5.41, 5.74) is 2.24. The molecule has 3 aromatic rings. The van der Waals surface area contributed by atoms with Crippen LogP contribution in [0.2, 0.25) is 0 Å². The summed E-state index contributed by atoms with van der Waals surface area (Å²) < 4.78 is 28.6. The van der Waals surface area contributed by atoms with Crippen LogP contribution in [-0.2, 0) is 14.6 Å². The molecule has 2 N–H and O–H groups in total. The Labute approximate surface area is 217 Å². The smallest absolute Gasteiger partial charge is 0.323 e. The molecule has 4 rings (SSSR count). The number of carbonyl (C=O) groups is 2. The highest BCUT2D eigenvalue weighted by Crippen LogP contribution is 2.25. The van der Waals surface area contributed by atoms with Gasteiger partial charge in [0.1, 0.15) is 17.3 Å². The fourth-order valence-corrected chi connectivity index (χ4v) is 4.75. The van der Waals surface area contributed by atoms with Crippen LogP contribution in [0.1, 0.15) is 6.42 Å². The van der Waals surface area contributed by atoms with Crippen molar-refractivity contribution >= 4 is 38.8 Å². The minimum absolute atomic E-state index is 0.0534. The van der Waals surface area contributed by atoms with Gasteiger partial charge in [0.15, 0.2) is 9.84 Å². The summed E-state index contributed by atoms with van der Waals surface area (Å²) in [7, 11) is -1.71. The zero-order valence-corrected chi connectivity index (χ0v) is 21.6. The highest BCUT2D eigenvalue weighted by molar-refractivity contribution is 7.91. The molecule has 37 heavy (non-hydrogen) atoms. The molecular weight excluding hydrogens is 492 g/mol. The maximum absolute atomic E-state index is 12.4. The Bertz CT molecular complexity index is 1330. The van der Waals surface area contributed by atoms with Gasteiger partial charge in [0.25, 0.3) is 0 Å². The first-order valence-corrected chi connectivity index (χ1v) is 13.9. The third kappa shape index (κ3) is 7.47. The normalized spacial score (nSPS) is 15.2. The third-order valence-electron chi connectivity index (χ3n) is 6.07. The maximum atomic E-state index is 12.4. The van der Waals surface area contributed by atoms with E-state index in [1.54, 1.807) is 31.3 Å². The summed E-state index contributed by atoms with van der Waals surface area (Å²) in [6, 6.07) is 23.6. The molecule has 194 valence electrons. The molecule has 1 aliphatic rings. The summed E-state index contributed by atoms with van der Waals surface area (Å²) in [6.07, 6.45) is 1.82. The van der Waals surface area contributed by atoms with Crippen molar-refractivity contribution in [2.45, 2.75) is 12.5 Å². The van der Waals surface area contributed by atoms with Gasteiger partial charge < -0.3 is 25.2 Å². The average Bonchev–Trinajstić information content (AvgIpc) is 3.35. The standard InChI is InChI=1S/C27H30N4O5S/c1-30(26(32)19-37(2,34)35)23-16-17-31(18-23)22-12-8-20(9-13-22)28-27(33)29-21-10-14-25(15-11-21)36-24-6-4-3-5-7-24/h3-15,23H,16-19H2,1-2H3,(H2,28,29,33). The van der Waals surface area contributed by atoms with Crippen LogP contribution in [0.25, 0.3) is 0 Å². The van der Waals surface area contributed by atoms with Crippen molar-refractivity contribution < 1.29 is 22.7 Å². The predicted molar refractivity (Wildman–Crippen MR) is 145 cm³/mol. The van der Waals surface area contributed by atoms with E-state index in [2.05, 4.69) is 15.5 Å². The number of nitrogens with zero attached hydrogens (tertiary/aromatic N) is 2. The highest BCUT2D eigenvalue weighted by atomic mass is 32.2. The number of nitrogens with one attached hydrogen (secondary N) is 2. The molecule has 1 fully saturated rings. The maximum Gasteiger partial charge on any atom is 0.323 e. The van der Waals surface area contributed by atoms with Gasteiger partial charge in [-0.15, -0.1) is 0 Å². The van der Waals surface area contributed by atoms with Crippen molar-refractivity contribution in [2.24, 2.45) is 0 Å². The predicted octanol–water partition coefficient (Wildman–Crippen LogP) is 4.20. The summed E-state index contributed by atoms with van der Waals surface area (Å²) in [5, 5.41) is 5.62. The minimum Gasteiger partial charge on any atom is -0.457 e. The molecule has 3 aromatic carbocycles. The first-order valence-electron chi connectivity index (χ1n) is 11.9. The lowest BCUT2D eigenvalue weighted by Crippen LogP contribution is -2.41. The van der Waals surface area contributed by atoms with E-state index in [1.807, 2.05) is 54.6 Å². The SMILES string of the molecule is CN(C(=O)CS(C)(=O)=O)C1CCN(c2ccc(NC(=O)Nc3ccc(Oc4ccccc4)cc3)cc2)C1. The van der Waals surface area contributed by atoms with Crippen LogP contribution < -0.4 is 20.3 Å². The van der Waals surface area contributed by atoms with Gasteiger partial charge in [-0.1, -0.05) is 18.2 Å². The van der Waals surface area contributed by atoms with Crippen molar-refractivity contribution in [1.29, 1.82) is 0 Å². The first-order chi connectivity index (χ1) is 17.7. The van der Waals surface area contributed by atoms with Gasteiger partial charge >= 0.3 is 6.03 Å². The fraction of sp³-hybridized carbons (Fsp3) is 0.259. The van der Waals surface area contributed by atoms with Crippen LogP contribution in [0, 0.1) is 0 Å². The van der Waals surface area contributed by atoms with Crippen LogP contribution in [0.3, 0.4) is 0 Å². The van der Waals surface area contributed by atoms with Crippen molar-refractivity contribution in [2.75, 3.05) is 47.7 Å². The van der Waals surface area contributed by atoms with Crippen molar-refractivity contribution in [1.82, 2.24) is 4.90 Å². The molecule has 3 amide bonds. The molecule has 1 heterocycles. The quantitative estimate of drug-likeness (QED) is 0.459. The van der Waals surface area contributed by atoms with Gasteiger partial charge in [-0.3, -0.25) is 4.79 Å². The lowest BCUT2D eigenvalue weighted by atomic mass is 10.2. The second kappa shape index (κ2) is 11.3. The van der Waals surface area contributed by atoms with E-state index in [1.165, 1.54) is 4.90 Å².